The van der Waals surface area contributed by atoms with Gasteiger partial charge in [-0.1, -0.05) is 12.1 Å². The molecular weight excluding hydrogens is 460 g/mol. The zero-order valence-electron chi connectivity index (χ0n) is 18.5. The number of hydrogen-bond donors (Lipinski definition) is 1. The molecule has 1 N–H and O–H groups in total. The molecule has 0 unspecified atom stereocenters. The van der Waals surface area contributed by atoms with E-state index in [0.717, 1.165) is 0 Å². The van der Waals surface area contributed by atoms with Crippen molar-refractivity contribution < 1.29 is 29.2 Å². The number of amides is 1. The lowest BCUT2D eigenvalue weighted by atomic mass is 10.1. The summed E-state index contributed by atoms with van der Waals surface area (Å²) in [7, 11) is 0. The predicted molar refractivity (Wildman–Crippen MR) is 125 cm³/mol. The number of carbonyl (C=O) groups is 2. The van der Waals surface area contributed by atoms with Crippen LogP contribution in [0.4, 0.5) is 22.7 Å². The fourth-order valence-corrected chi connectivity index (χ4v) is 3.20. The van der Waals surface area contributed by atoms with E-state index in [1.165, 1.54) is 49.4 Å². The van der Waals surface area contributed by atoms with E-state index in [-0.39, 0.29) is 36.1 Å². The number of esters is 1. The number of ether oxygens (including phenoxy) is 1. The first-order valence-electron chi connectivity index (χ1n) is 10.2. The first-order valence-corrected chi connectivity index (χ1v) is 10.2. The minimum atomic E-state index is -0.932. The van der Waals surface area contributed by atoms with E-state index >= 15 is 0 Å². The third-order valence-electron chi connectivity index (χ3n) is 4.68. The van der Waals surface area contributed by atoms with Gasteiger partial charge < -0.3 is 19.8 Å². The van der Waals surface area contributed by atoms with Crippen molar-refractivity contribution >= 4 is 34.6 Å². The second kappa shape index (κ2) is 11.2. The van der Waals surface area contributed by atoms with Crippen LogP contribution < -0.4 is 15.0 Å². The summed E-state index contributed by atoms with van der Waals surface area (Å²) < 4.78 is 5.47. The van der Waals surface area contributed by atoms with Crippen LogP contribution in [0.15, 0.2) is 72.8 Å². The van der Waals surface area contributed by atoms with Crippen LogP contribution in [0.2, 0.25) is 0 Å². The lowest BCUT2D eigenvalue weighted by Gasteiger charge is -2.26. The number of para-hydroxylation sites is 1. The zero-order valence-corrected chi connectivity index (χ0v) is 18.5. The van der Waals surface area contributed by atoms with Crippen LogP contribution in [0.3, 0.4) is 0 Å². The van der Waals surface area contributed by atoms with Gasteiger partial charge in [-0.2, -0.15) is 0 Å². The van der Waals surface area contributed by atoms with Crippen molar-refractivity contribution in [2.24, 2.45) is 0 Å². The number of non-ortho nitro benzene ring substituents is 1. The number of nitrogens with zero attached hydrogens (tertiary/aromatic N) is 3. The molecular formula is C23H20N4O8. The predicted octanol–water partition coefficient (Wildman–Crippen LogP) is 4.12. The molecule has 0 aromatic heterocycles. The fourth-order valence-electron chi connectivity index (χ4n) is 3.20. The molecule has 0 saturated heterocycles. The van der Waals surface area contributed by atoms with Gasteiger partial charge in [-0.25, -0.2) is 4.79 Å². The van der Waals surface area contributed by atoms with Gasteiger partial charge >= 0.3 is 5.97 Å². The van der Waals surface area contributed by atoms with Crippen molar-refractivity contribution in [2.45, 2.75) is 6.92 Å². The molecule has 3 aromatic carbocycles. The summed E-state index contributed by atoms with van der Waals surface area (Å²) in [5, 5.41) is 23.3. The van der Waals surface area contributed by atoms with E-state index in [2.05, 4.69) is 10.2 Å². The fraction of sp³-hybridized carbons (Fsp3) is 0.130. The van der Waals surface area contributed by atoms with Crippen LogP contribution in [0.25, 0.3) is 0 Å². The second-order valence-electron chi connectivity index (χ2n) is 7.09. The first-order chi connectivity index (χ1) is 16.7. The van der Waals surface area contributed by atoms with Gasteiger partial charge in [-0.3, -0.25) is 14.9 Å². The number of hydrogen-bond acceptors (Lipinski definition) is 9. The Kier molecular flexibility index (Phi) is 7.90. The highest BCUT2D eigenvalue weighted by atomic mass is 16.9. The molecule has 12 heteroatoms. The summed E-state index contributed by atoms with van der Waals surface area (Å²) in [6.07, 6.45) is 0. The maximum absolute atomic E-state index is 13.0. The molecule has 0 aliphatic rings. The summed E-state index contributed by atoms with van der Waals surface area (Å²) in [4.78, 5) is 51.3. The third-order valence-corrected chi connectivity index (χ3v) is 4.68. The maximum Gasteiger partial charge on any atom is 0.345 e. The van der Waals surface area contributed by atoms with Crippen molar-refractivity contribution in [2.75, 3.05) is 23.4 Å². The van der Waals surface area contributed by atoms with Crippen LogP contribution in [0.5, 0.6) is 5.75 Å². The van der Waals surface area contributed by atoms with E-state index in [1.54, 1.807) is 35.2 Å². The monoisotopic (exact) mass is 480 g/mol. The number of carbonyl (C=O) groups excluding carboxylic acids is 2. The molecule has 3 aromatic rings. The standard InChI is InChI=1S/C23H20N4O8/c1-16(28)24-17-6-12-20(13-7-17)35-23(29)21-4-2-3-5-22(21)25(14-15-34-27(32)33)18-8-10-19(11-9-18)26(30)31/h2-13H,14-15H2,1H3,(H,24,28). The first kappa shape index (κ1) is 24.6. The Balaban J connectivity index is 1.89. The number of nitro benzene ring substituents is 1. The van der Waals surface area contributed by atoms with E-state index in [9.17, 15) is 29.8 Å². The normalized spacial score (nSPS) is 10.2. The molecule has 1 amide bonds. The molecule has 0 bridgehead atoms. The van der Waals surface area contributed by atoms with Crippen LogP contribution in [-0.4, -0.2) is 35.0 Å². The smallest absolute Gasteiger partial charge is 0.345 e. The lowest BCUT2D eigenvalue weighted by molar-refractivity contribution is -0.757. The Labute approximate surface area is 198 Å². The largest absolute Gasteiger partial charge is 0.423 e. The highest BCUT2D eigenvalue weighted by Crippen LogP contribution is 2.31. The van der Waals surface area contributed by atoms with E-state index in [0.29, 0.717) is 17.1 Å². The van der Waals surface area contributed by atoms with Gasteiger partial charge in [0.15, 0.2) is 0 Å². The molecule has 35 heavy (non-hydrogen) atoms. The Bertz CT molecular complexity index is 1230. The molecule has 0 radical (unpaired) electrons. The third kappa shape index (κ3) is 6.74. The molecule has 0 aliphatic heterocycles. The van der Waals surface area contributed by atoms with Gasteiger partial charge in [0.1, 0.15) is 12.4 Å². The van der Waals surface area contributed by atoms with Gasteiger partial charge in [0, 0.05) is 37.0 Å². The maximum atomic E-state index is 13.0. The Morgan fingerprint density at radius 2 is 1.60 bits per heavy atom. The number of benzene rings is 3. The topological polar surface area (TPSA) is 154 Å². The molecule has 12 nitrogen and oxygen atoms in total. The number of nitro groups is 1. The average molecular weight is 480 g/mol. The van der Waals surface area contributed by atoms with E-state index in [1.807, 2.05) is 0 Å². The minimum Gasteiger partial charge on any atom is -0.423 e. The summed E-state index contributed by atoms with van der Waals surface area (Å²) in [6.45, 7) is 1.02. The quantitative estimate of drug-likeness (QED) is 0.195. The SMILES string of the molecule is CC(=O)Nc1ccc(OC(=O)c2ccccc2N(CCO[N+](=O)[O-])c2ccc([N+](=O)[O-])cc2)cc1. The molecule has 0 aliphatic carbocycles. The Morgan fingerprint density at radius 3 is 2.20 bits per heavy atom. The molecule has 0 heterocycles. The molecule has 0 saturated carbocycles. The molecule has 0 fully saturated rings. The van der Waals surface area contributed by atoms with Crippen LogP contribution in [0, 0.1) is 20.2 Å². The molecule has 180 valence electrons. The molecule has 0 atom stereocenters. The van der Waals surface area contributed by atoms with Gasteiger partial charge in [0.05, 0.1) is 16.2 Å². The van der Waals surface area contributed by atoms with Crippen molar-refractivity contribution in [3.8, 4) is 5.75 Å². The van der Waals surface area contributed by atoms with Crippen LogP contribution >= 0.6 is 0 Å². The number of rotatable bonds is 10. The van der Waals surface area contributed by atoms with Crippen molar-refractivity contribution in [3.63, 3.8) is 0 Å². The van der Waals surface area contributed by atoms with Crippen LogP contribution in [-0.2, 0) is 9.63 Å². The van der Waals surface area contributed by atoms with E-state index < -0.39 is 16.0 Å². The van der Waals surface area contributed by atoms with Crippen molar-refractivity contribution in [1.82, 2.24) is 0 Å². The highest BCUT2D eigenvalue weighted by molar-refractivity contribution is 5.98. The summed E-state index contributed by atoms with van der Waals surface area (Å²) in [5.74, 6) is -0.705. The van der Waals surface area contributed by atoms with Gasteiger partial charge in [0.2, 0.25) is 5.91 Å². The number of nitrogens with one attached hydrogen (secondary N) is 1. The van der Waals surface area contributed by atoms with Crippen LogP contribution in [0.1, 0.15) is 17.3 Å². The molecule has 0 spiro atoms. The second-order valence-corrected chi connectivity index (χ2v) is 7.09. The van der Waals surface area contributed by atoms with Gasteiger partial charge in [0.25, 0.3) is 10.8 Å². The van der Waals surface area contributed by atoms with Gasteiger partial charge in [-0.15, -0.1) is 10.1 Å². The summed E-state index contributed by atoms with van der Waals surface area (Å²) >= 11 is 0. The van der Waals surface area contributed by atoms with E-state index in [4.69, 9.17) is 4.74 Å². The minimum absolute atomic E-state index is 0.0332. The number of anilines is 3. The average Bonchev–Trinajstić information content (AvgIpc) is 2.83. The lowest BCUT2D eigenvalue weighted by Crippen LogP contribution is -2.26. The summed E-state index contributed by atoms with van der Waals surface area (Å²) in [6, 6.07) is 18.1. The van der Waals surface area contributed by atoms with Crippen molar-refractivity contribution in [1.29, 1.82) is 0 Å². The van der Waals surface area contributed by atoms with Gasteiger partial charge in [-0.05, 0) is 48.5 Å². The Morgan fingerprint density at radius 1 is 0.943 bits per heavy atom. The zero-order chi connectivity index (χ0) is 25.4. The highest BCUT2D eigenvalue weighted by Gasteiger charge is 2.20. The summed E-state index contributed by atoms with van der Waals surface area (Å²) in [5.41, 5.74) is 1.35. The Hall–Kier alpha value is -5.00. The molecule has 3 rings (SSSR count). The van der Waals surface area contributed by atoms with Crippen molar-refractivity contribution in [3.05, 3.63) is 98.6 Å².